The Balaban J connectivity index is 1.54. The van der Waals surface area contributed by atoms with Crippen molar-refractivity contribution in [2.24, 2.45) is 5.92 Å². The Morgan fingerprint density at radius 3 is 2.68 bits per heavy atom. The average molecular weight is 422 g/mol. The summed E-state index contributed by atoms with van der Waals surface area (Å²) in [4.78, 5) is 0. The van der Waals surface area contributed by atoms with Gasteiger partial charge in [0.05, 0.1) is 18.3 Å². The topological polar surface area (TPSA) is 83.3 Å². The molecule has 8 heteroatoms. The van der Waals surface area contributed by atoms with Gasteiger partial charge in [-0.15, -0.1) is 5.10 Å². The fraction of sp³-hybridized carbons (Fsp3) is 0.435. The Labute approximate surface area is 181 Å². The molecule has 31 heavy (non-hydrogen) atoms. The molecule has 0 unspecified atom stereocenters. The number of nitrogens with zero attached hydrogens (tertiary/aromatic N) is 4. The van der Waals surface area contributed by atoms with Gasteiger partial charge in [-0.3, -0.25) is 0 Å². The summed E-state index contributed by atoms with van der Waals surface area (Å²) in [6.07, 6.45) is 4.09. The van der Waals surface area contributed by atoms with Crippen molar-refractivity contribution < 1.29 is 14.2 Å². The molecule has 5 rings (SSSR count). The van der Waals surface area contributed by atoms with Gasteiger partial charge < -0.3 is 19.5 Å². The lowest BCUT2D eigenvalue weighted by atomic mass is 9.76. The first kappa shape index (κ1) is 19.7. The lowest BCUT2D eigenvalue weighted by Crippen LogP contribution is -2.41. The first-order valence-corrected chi connectivity index (χ1v) is 10.8. The molecule has 1 aliphatic heterocycles. The van der Waals surface area contributed by atoms with Crippen molar-refractivity contribution >= 4 is 5.69 Å². The molecule has 1 fully saturated rings. The molecule has 1 N–H and O–H groups in total. The van der Waals surface area contributed by atoms with Gasteiger partial charge in [-0.05, 0) is 66.3 Å². The minimum Gasteiger partial charge on any atom is -0.497 e. The first-order chi connectivity index (χ1) is 15.2. The summed E-state index contributed by atoms with van der Waals surface area (Å²) in [5, 5.41) is 16.7. The van der Waals surface area contributed by atoms with Crippen molar-refractivity contribution in [3.05, 3.63) is 48.3 Å². The molecule has 2 aromatic carbocycles. The van der Waals surface area contributed by atoms with E-state index in [1.54, 1.807) is 7.11 Å². The van der Waals surface area contributed by atoms with Crippen molar-refractivity contribution in [1.82, 2.24) is 20.2 Å². The Morgan fingerprint density at radius 2 is 1.87 bits per heavy atom. The molecular formula is C23H27N5O3. The molecular weight excluding hydrogens is 394 g/mol. The van der Waals surface area contributed by atoms with Crippen LogP contribution in [-0.4, -0.2) is 40.5 Å². The zero-order chi connectivity index (χ0) is 21.3. The van der Waals surface area contributed by atoms with Crippen LogP contribution in [0.2, 0.25) is 0 Å². The summed E-state index contributed by atoms with van der Waals surface area (Å²) in [6.45, 7) is 3.41. The molecule has 0 saturated heterocycles. The summed E-state index contributed by atoms with van der Waals surface area (Å²) < 4.78 is 18.7. The van der Waals surface area contributed by atoms with E-state index in [0.717, 1.165) is 60.1 Å². The molecule has 3 aromatic rings. The number of tetrazole rings is 1. The van der Waals surface area contributed by atoms with E-state index < -0.39 is 0 Å². The van der Waals surface area contributed by atoms with Gasteiger partial charge in [0.1, 0.15) is 19.0 Å². The van der Waals surface area contributed by atoms with E-state index in [1.165, 1.54) is 0 Å². The van der Waals surface area contributed by atoms with Gasteiger partial charge in [-0.1, -0.05) is 13.0 Å². The standard InChI is InChI=1S/C23H27N5O3/c1-16-8-10-23(11-9-16,24-17-4-3-5-19(14-17)29-2)22-25-26-27-28(22)18-6-7-20-21(15-18)31-13-12-30-20/h3-7,14-16,24H,8-13H2,1-2H3. The number of methoxy groups -OCH3 is 1. The molecule has 1 aliphatic carbocycles. The Bertz CT molecular complexity index is 1060. The van der Waals surface area contributed by atoms with Crippen LogP contribution >= 0.6 is 0 Å². The number of benzene rings is 2. The number of aromatic nitrogens is 4. The maximum atomic E-state index is 5.77. The Kier molecular flexibility index (Phi) is 5.13. The minimum atomic E-state index is -0.379. The summed E-state index contributed by atoms with van der Waals surface area (Å²) >= 11 is 0. The van der Waals surface area contributed by atoms with E-state index in [-0.39, 0.29) is 5.54 Å². The monoisotopic (exact) mass is 421 g/mol. The molecule has 0 bridgehead atoms. The largest absolute Gasteiger partial charge is 0.497 e. The molecule has 8 nitrogen and oxygen atoms in total. The van der Waals surface area contributed by atoms with Gasteiger partial charge in [-0.2, -0.15) is 4.68 Å². The summed E-state index contributed by atoms with van der Waals surface area (Å²) in [7, 11) is 1.68. The third kappa shape index (κ3) is 3.78. The third-order valence-electron chi connectivity index (χ3n) is 6.25. The third-order valence-corrected chi connectivity index (χ3v) is 6.25. The highest BCUT2D eigenvalue weighted by Gasteiger charge is 2.41. The quantitative estimate of drug-likeness (QED) is 0.668. The summed E-state index contributed by atoms with van der Waals surface area (Å²) in [5.41, 5.74) is 1.47. The lowest BCUT2D eigenvalue weighted by Gasteiger charge is -2.39. The second-order valence-corrected chi connectivity index (χ2v) is 8.36. The number of nitrogens with one attached hydrogen (secondary N) is 1. The van der Waals surface area contributed by atoms with E-state index in [4.69, 9.17) is 14.2 Å². The molecule has 2 aliphatic rings. The smallest absolute Gasteiger partial charge is 0.181 e. The van der Waals surface area contributed by atoms with Crippen LogP contribution in [0.3, 0.4) is 0 Å². The molecule has 162 valence electrons. The fourth-order valence-electron chi connectivity index (χ4n) is 4.46. The average Bonchev–Trinajstić information content (AvgIpc) is 3.31. The van der Waals surface area contributed by atoms with Crippen molar-refractivity contribution in [3.8, 4) is 22.9 Å². The number of hydrogen-bond donors (Lipinski definition) is 1. The van der Waals surface area contributed by atoms with Gasteiger partial charge in [-0.25, -0.2) is 0 Å². The van der Waals surface area contributed by atoms with Gasteiger partial charge >= 0.3 is 0 Å². The molecule has 0 spiro atoms. The molecule has 0 radical (unpaired) electrons. The van der Waals surface area contributed by atoms with Crippen LogP contribution in [0.25, 0.3) is 5.69 Å². The van der Waals surface area contributed by atoms with Crippen LogP contribution < -0.4 is 19.5 Å². The number of fused-ring (bicyclic) bond motifs is 1. The first-order valence-electron chi connectivity index (χ1n) is 10.8. The highest BCUT2D eigenvalue weighted by atomic mass is 16.6. The van der Waals surface area contributed by atoms with Crippen LogP contribution in [0.4, 0.5) is 5.69 Å². The van der Waals surface area contributed by atoms with E-state index in [2.05, 4.69) is 33.8 Å². The van der Waals surface area contributed by atoms with E-state index in [9.17, 15) is 0 Å². The van der Waals surface area contributed by atoms with Gasteiger partial charge in [0.25, 0.3) is 0 Å². The SMILES string of the molecule is COc1cccc(NC2(c3nnnn3-c3ccc4c(c3)OCCO4)CCC(C)CC2)c1. The van der Waals surface area contributed by atoms with Gasteiger partial charge in [0.15, 0.2) is 17.3 Å². The lowest BCUT2D eigenvalue weighted by molar-refractivity contribution is 0.171. The van der Waals surface area contributed by atoms with Crippen molar-refractivity contribution in [1.29, 1.82) is 0 Å². The molecule has 1 aromatic heterocycles. The van der Waals surface area contributed by atoms with Crippen LogP contribution in [0, 0.1) is 5.92 Å². The second kappa shape index (κ2) is 8.09. The van der Waals surface area contributed by atoms with Crippen LogP contribution in [-0.2, 0) is 5.54 Å². The van der Waals surface area contributed by atoms with Crippen molar-refractivity contribution in [2.45, 2.75) is 38.1 Å². The zero-order valence-electron chi connectivity index (χ0n) is 17.9. The Morgan fingerprint density at radius 1 is 1.06 bits per heavy atom. The predicted octanol–water partition coefficient (Wildman–Crippen LogP) is 3.96. The van der Waals surface area contributed by atoms with Crippen molar-refractivity contribution in [3.63, 3.8) is 0 Å². The Hall–Kier alpha value is -3.29. The minimum absolute atomic E-state index is 0.379. The van der Waals surface area contributed by atoms with E-state index in [1.807, 2.05) is 41.1 Å². The molecule has 0 amide bonds. The van der Waals surface area contributed by atoms with Gasteiger partial charge in [0.2, 0.25) is 0 Å². The predicted molar refractivity (Wildman–Crippen MR) is 116 cm³/mol. The van der Waals surface area contributed by atoms with Gasteiger partial charge in [0, 0.05) is 17.8 Å². The highest BCUT2D eigenvalue weighted by molar-refractivity contribution is 5.52. The fourth-order valence-corrected chi connectivity index (χ4v) is 4.46. The zero-order valence-corrected chi connectivity index (χ0v) is 17.9. The maximum Gasteiger partial charge on any atom is 0.181 e. The van der Waals surface area contributed by atoms with Crippen LogP contribution in [0.15, 0.2) is 42.5 Å². The summed E-state index contributed by atoms with van der Waals surface area (Å²) in [6, 6.07) is 13.8. The highest BCUT2D eigenvalue weighted by Crippen LogP contribution is 2.42. The molecule has 2 heterocycles. The molecule has 0 atom stereocenters. The molecule has 1 saturated carbocycles. The number of rotatable bonds is 5. The number of ether oxygens (including phenoxy) is 3. The number of anilines is 1. The normalized spacial score (nSPS) is 22.7. The van der Waals surface area contributed by atoms with Crippen LogP contribution in [0.5, 0.6) is 17.2 Å². The van der Waals surface area contributed by atoms with E-state index in [0.29, 0.717) is 19.1 Å². The van der Waals surface area contributed by atoms with Crippen LogP contribution in [0.1, 0.15) is 38.4 Å². The second-order valence-electron chi connectivity index (χ2n) is 8.36. The number of hydrogen-bond acceptors (Lipinski definition) is 7. The van der Waals surface area contributed by atoms with E-state index >= 15 is 0 Å². The maximum absolute atomic E-state index is 5.77. The summed E-state index contributed by atoms with van der Waals surface area (Å²) in [5.74, 6) is 3.77. The van der Waals surface area contributed by atoms with Crippen molar-refractivity contribution in [2.75, 3.05) is 25.6 Å².